The van der Waals surface area contributed by atoms with E-state index in [1.54, 1.807) is 0 Å². The lowest BCUT2D eigenvalue weighted by molar-refractivity contribution is 0.252. The van der Waals surface area contributed by atoms with Crippen molar-refractivity contribution in [2.24, 2.45) is 9.98 Å². The Morgan fingerprint density at radius 2 is 1.17 bits per heavy atom. The SMILES string of the molecule is C1=NCCN2CCN[C@@H]2c2cccc(c2)C=NCCN2CCN[C@H]2c2cccc1c2. The molecule has 0 aliphatic carbocycles. The summed E-state index contributed by atoms with van der Waals surface area (Å²) in [6, 6.07) is 17.5. The van der Waals surface area contributed by atoms with Crippen LogP contribution >= 0.6 is 0 Å². The molecule has 0 unspecified atom stereocenters. The molecule has 6 nitrogen and oxygen atoms in total. The highest BCUT2D eigenvalue weighted by atomic mass is 15.3. The fourth-order valence-electron chi connectivity index (χ4n) is 4.68. The van der Waals surface area contributed by atoms with Crippen molar-refractivity contribution in [2.45, 2.75) is 12.3 Å². The van der Waals surface area contributed by atoms with Gasteiger partial charge in [-0.15, -0.1) is 0 Å². The number of aliphatic imine (C=N–C) groups is 2. The third kappa shape index (κ3) is 4.37. The van der Waals surface area contributed by atoms with E-state index in [4.69, 9.17) is 9.98 Å². The van der Waals surface area contributed by atoms with Crippen molar-refractivity contribution in [1.82, 2.24) is 20.4 Å². The maximum Gasteiger partial charge on any atom is 0.0862 e. The molecule has 30 heavy (non-hydrogen) atoms. The van der Waals surface area contributed by atoms with Crippen LogP contribution in [0.5, 0.6) is 0 Å². The predicted octanol–water partition coefficient (Wildman–Crippen LogP) is 2.05. The van der Waals surface area contributed by atoms with Crippen LogP contribution in [0.1, 0.15) is 34.6 Å². The normalized spacial score (nSPS) is 25.5. The van der Waals surface area contributed by atoms with E-state index in [1.165, 1.54) is 22.3 Å². The number of hydrogen-bond donors (Lipinski definition) is 2. The summed E-state index contributed by atoms with van der Waals surface area (Å²) in [6.07, 6.45) is 4.56. The molecular formula is C24H30N6. The molecule has 2 N–H and O–H groups in total. The second-order valence-corrected chi connectivity index (χ2v) is 8.20. The lowest BCUT2D eigenvalue weighted by Crippen LogP contribution is -2.30. The van der Waals surface area contributed by atoms with Crippen LogP contribution in [-0.2, 0) is 0 Å². The summed E-state index contributed by atoms with van der Waals surface area (Å²) in [7, 11) is 0. The summed E-state index contributed by atoms with van der Waals surface area (Å²) in [5, 5.41) is 7.27. The first-order chi connectivity index (χ1) is 14.9. The van der Waals surface area contributed by atoms with Gasteiger partial charge in [-0.1, -0.05) is 36.4 Å². The number of rotatable bonds is 0. The van der Waals surface area contributed by atoms with Gasteiger partial charge < -0.3 is 0 Å². The van der Waals surface area contributed by atoms with E-state index in [0.29, 0.717) is 0 Å². The Kier molecular flexibility index (Phi) is 5.99. The summed E-state index contributed by atoms with van der Waals surface area (Å²) in [6.45, 7) is 7.63. The molecule has 3 aliphatic heterocycles. The second kappa shape index (κ2) is 9.18. The average molecular weight is 403 g/mol. The zero-order valence-corrected chi connectivity index (χ0v) is 17.4. The largest absolute Gasteiger partial charge is 0.297 e. The number of fused-ring (bicyclic) bond motifs is 8. The topological polar surface area (TPSA) is 55.3 Å². The Balaban J connectivity index is 1.42. The molecule has 0 radical (unpaired) electrons. The molecule has 0 aromatic heterocycles. The first-order valence-electron chi connectivity index (χ1n) is 11.0. The summed E-state index contributed by atoms with van der Waals surface area (Å²) >= 11 is 0. The first-order valence-corrected chi connectivity index (χ1v) is 11.0. The highest BCUT2D eigenvalue weighted by Crippen LogP contribution is 2.23. The van der Waals surface area contributed by atoms with Gasteiger partial charge in [-0.2, -0.15) is 0 Å². The van der Waals surface area contributed by atoms with Gasteiger partial charge in [0.15, 0.2) is 0 Å². The van der Waals surface area contributed by atoms with Gasteiger partial charge in [-0.05, 0) is 34.4 Å². The molecule has 2 aromatic rings. The standard InChI is InChI=1S/C24H30N6/c1-3-19-15-21(5-1)23-27-9-13-29(23)11-8-26-18-20-4-2-6-22(16-20)24-28-10-14-30(24)12-7-25-17-19/h1-6,15-18,23-24,27-28H,7-14H2/t23-,24+. The van der Waals surface area contributed by atoms with Crippen molar-refractivity contribution in [1.29, 1.82) is 0 Å². The lowest BCUT2D eigenvalue weighted by Gasteiger charge is -2.24. The van der Waals surface area contributed by atoms with Crippen LogP contribution in [0.25, 0.3) is 0 Å². The van der Waals surface area contributed by atoms with Gasteiger partial charge in [0.2, 0.25) is 0 Å². The van der Waals surface area contributed by atoms with Crippen LogP contribution < -0.4 is 10.6 Å². The number of nitrogens with one attached hydrogen (secondary N) is 2. The van der Waals surface area contributed by atoms with E-state index in [1.807, 2.05) is 12.4 Å². The third-order valence-electron chi connectivity index (χ3n) is 6.17. The summed E-state index contributed by atoms with van der Waals surface area (Å²) < 4.78 is 0. The average Bonchev–Trinajstić information content (AvgIpc) is 3.44. The van der Waals surface area contributed by atoms with Crippen molar-refractivity contribution in [3.05, 3.63) is 70.8 Å². The molecule has 3 aliphatic rings. The highest BCUT2D eigenvalue weighted by molar-refractivity contribution is 5.80. The zero-order chi connectivity index (χ0) is 20.2. The van der Waals surface area contributed by atoms with Crippen molar-refractivity contribution >= 4 is 12.4 Å². The molecular weight excluding hydrogens is 372 g/mol. The monoisotopic (exact) mass is 402 g/mol. The maximum absolute atomic E-state index is 4.74. The summed E-state index contributed by atoms with van der Waals surface area (Å²) in [5.41, 5.74) is 4.95. The van der Waals surface area contributed by atoms with Crippen LogP contribution in [0.4, 0.5) is 0 Å². The number of benzene rings is 2. The van der Waals surface area contributed by atoms with Crippen LogP contribution in [0, 0.1) is 0 Å². The lowest BCUT2D eigenvalue weighted by atomic mass is 10.1. The van der Waals surface area contributed by atoms with Crippen LogP contribution in [0.15, 0.2) is 58.5 Å². The summed E-state index contributed by atoms with van der Waals surface area (Å²) in [4.78, 5) is 14.4. The zero-order valence-electron chi connectivity index (χ0n) is 17.4. The van der Waals surface area contributed by atoms with Crippen molar-refractivity contribution in [3.63, 3.8) is 0 Å². The van der Waals surface area contributed by atoms with Gasteiger partial charge in [0.1, 0.15) is 0 Å². The smallest absolute Gasteiger partial charge is 0.0862 e. The summed E-state index contributed by atoms with van der Waals surface area (Å²) in [5.74, 6) is 0. The predicted molar refractivity (Wildman–Crippen MR) is 122 cm³/mol. The van der Waals surface area contributed by atoms with Gasteiger partial charge in [-0.25, -0.2) is 0 Å². The Morgan fingerprint density at radius 1 is 0.667 bits per heavy atom. The molecule has 4 bridgehead atoms. The van der Waals surface area contributed by atoms with E-state index < -0.39 is 0 Å². The van der Waals surface area contributed by atoms with Gasteiger partial charge in [0.05, 0.1) is 25.4 Å². The van der Waals surface area contributed by atoms with Gasteiger partial charge >= 0.3 is 0 Å². The highest BCUT2D eigenvalue weighted by Gasteiger charge is 2.26. The fourth-order valence-corrected chi connectivity index (χ4v) is 4.68. The van der Waals surface area contributed by atoms with Gasteiger partial charge in [0, 0.05) is 51.7 Å². The molecule has 0 spiro atoms. The Labute approximate surface area is 178 Å². The molecule has 3 heterocycles. The molecule has 2 saturated heterocycles. The van der Waals surface area contributed by atoms with Crippen LogP contribution in [0.2, 0.25) is 0 Å². The quantitative estimate of drug-likeness (QED) is 0.708. The third-order valence-corrected chi connectivity index (χ3v) is 6.17. The van der Waals surface area contributed by atoms with E-state index >= 15 is 0 Å². The molecule has 0 amide bonds. The minimum atomic E-state index is 0.257. The molecule has 0 saturated carbocycles. The molecule has 6 heteroatoms. The van der Waals surface area contributed by atoms with Crippen molar-refractivity contribution in [3.8, 4) is 0 Å². The molecule has 2 atom stereocenters. The minimum Gasteiger partial charge on any atom is -0.297 e. The second-order valence-electron chi connectivity index (χ2n) is 8.20. The maximum atomic E-state index is 4.74. The van der Waals surface area contributed by atoms with E-state index in [-0.39, 0.29) is 12.3 Å². The minimum absolute atomic E-state index is 0.257. The van der Waals surface area contributed by atoms with E-state index in [2.05, 4.69) is 69.0 Å². The van der Waals surface area contributed by atoms with Crippen molar-refractivity contribution in [2.75, 3.05) is 52.4 Å². The number of nitrogens with zero attached hydrogens (tertiary/aromatic N) is 4. The Morgan fingerprint density at radius 3 is 1.67 bits per heavy atom. The molecule has 2 aromatic carbocycles. The molecule has 5 rings (SSSR count). The van der Waals surface area contributed by atoms with E-state index in [0.717, 1.165) is 52.4 Å². The van der Waals surface area contributed by atoms with Gasteiger partial charge in [0.25, 0.3) is 0 Å². The first kappa shape index (κ1) is 19.6. The Bertz CT molecular complexity index is 848. The van der Waals surface area contributed by atoms with Crippen LogP contribution in [-0.4, -0.2) is 74.6 Å². The van der Waals surface area contributed by atoms with E-state index in [9.17, 15) is 0 Å². The molecule has 2 fully saturated rings. The van der Waals surface area contributed by atoms with Crippen molar-refractivity contribution < 1.29 is 0 Å². The fraction of sp³-hybridized carbons (Fsp3) is 0.417. The molecule has 156 valence electrons. The Hall–Kier alpha value is -2.38. The number of hydrogen-bond acceptors (Lipinski definition) is 6. The van der Waals surface area contributed by atoms with Crippen LogP contribution in [0.3, 0.4) is 0 Å². The van der Waals surface area contributed by atoms with Gasteiger partial charge in [-0.3, -0.25) is 30.4 Å².